The van der Waals surface area contributed by atoms with Gasteiger partial charge >= 0.3 is 11.9 Å². The molecular formula is C35H28O6S2. The molecule has 0 atom stereocenters. The minimum absolute atomic E-state index is 0.133. The van der Waals surface area contributed by atoms with Crippen molar-refractivity contribution in [1.82, 2.24) is 0 Å². The van der Waals surface area contributed by atoms with Gasteiger partial charge in [-0.1, -0.05) is 60.7 Å². The number of hydrogen-bond acceptors (Lipinski definition) is 8. The molecule has 0 fully saturated rings. The minimum Gasteiger partial charge on any atom is -0.489 e. The van der Waals surface area contributed by atoms with Crippen LogP contribution in [0.3, 0.4) is 0 Å². The van der Waals surface area contributed by atoms with E-state index in [0.717, 1.165) is 53.6 Å². The topological polar surface area (TPSA) is 71.1 Å². The highest BCUT2D eigenvalue weighted by molar-refractivity contribution is 7.40. The van der Waals surface area contributed by atoms with Crippen LogP contribution in [-0.4, -0.2) is 25.2 Å². The first-order chi connectivity index (χ1) is 21.1. The lowest BCUT2D eigenvalue weighted by molar-refractivity contribution is 0.0520. The second-order valence-electron chi connectivity index (χ2n) is 10.2. The molecule has 216 valence electrons. The average molecular weight is 609 g/mol. The van der Waals surface area contributed by atoms with E-state index in [9.17, 15) is 9.59 Å². The lowest BCUT2D eigenvalue weighted by Crippen LogP contribution is -2.11. The van der Waals surface area contributed by atoms with E-state index < -0.39 is 11.9 Å². The second-order valence-corrected chi connectivity index (χ2v) is 12.5. The van der Waals surface area contributed by atoms with Crippen molar-refractivity contribution in [3.63, 3.8) is 0 Å². The van der Waals surface area contributed by atoms with E-state index in [4.69, 9.17) is 18.9 Å². The third-order valence-corrected chi connectivity index (χ3v) is 10.3. The van der Waals surface area contributed by atoms with Gasteiger partial charge in [0.25, 0.3) is 0 Å². The first-order valence-corrected chi connectivity index (χ1v) is 15.9. The molecular weight excluding hydrogens is 581 g/mol. The molecule has 4 aromatic carbocycles. The predicted molar refractivity (Wildman–Crippen MR) is 171 cm³/mol. The lowest BCUT2D eigenvalue weighted by atomic mass is 9.93. The average Bonchev–Trinajstić information content (AvgIpc) is 3.56. The molecule has 3 heterocycles. The van der Waals surface area contributed by atoms with Crippen LogP contribution < -0.4 is 9.47 Å². The summed E-state index contributed by atoms with van der Waals surface area (Å²) in [5, 5.41) is 5.22. The van der Waals surface area contributed by atoms with E-state index >= 15 is 0 Å². The molecule has 0 saturated carbocycles. The van der Waals surface area contributed by atoms with Gasteiger partial charge in [-0.15, -0.1) is 22.7 Å². The van der Waals surface area contributed by atoms with Crippen LogP contribution in [0.5, 0.6) is 11.5 Å². The summed E-state index contributed by atoms with van der Waals surface area (Å²) in [6, 6.07) is 24.7. The molecule has 2 aromatic heterocycles. The highest BCUT2D eigenvalue weighted by atomic mass is 32.2. The molecule has 1 aliphatic heterocycles. The second kappa shape index (κ2) is 11.4. The Bertz CT molecular complexity index is 1890. The summed E-state index contributed by atoms with van der Waals surface area (Å²) in [4.78, 5) is 27.2. The molecule has 0 unspecified atom stereocenters. The number of fused-ring (bicyclic) bond motifs is 6. The van der Waals surface area contributed by atoms with Gasteiger partial charge in [0.15, 0.2) is 0 Å². The zero-order valence-corrected chi connectivity index (χ0v) is 25.4. The van der Waals surface area contributed by atoms with Crippen molar-refractivity contribution in [2.45, 2.75) is 33.5 Å². The summed E-state index contributed by atoms with van der Waals surface area (Å²) in [6.07, 6.45) is 0.568. The first-order valence-electron chi connectivity index (χ1n) is 14.3. The smallest absolute Gasteiger partial charge is 0.348 e. The van der Waals surface area contributed by atoms with E-state index in [1.54, 1.807) is 13.8 Å². The maximum atomic E-state index is 13.1. The van der Waals surface area contributed by atoms with Crippen LogP contribution >= 0.6 is 22.7 Å². The Balaban J connectivity index is 1.49. The molecule has 6 nitrogen and oxygen atoms in total. The van der Waals surface area contributed by atoms with Gasteiger partial charge in [-0.2, -0.15) is 0 Å². The fourth-order valence-corrected chi connectivity index (χ4v) is 8.42. The molecule has 8 heteroatoms. The Morgan fingerprint density at radius 3 is 1.58 bits per heavy atom. The van der Waals surface area contributed by atoms with Crippen LogP contribution in [0.4, 0.5) is 0 Å². The number of thiophene rings is 2. The van der Waals surface area contributed by atoms with Crippen molar-refractivity contribution < 1.29 is 28.5 Å². The Morgan fingerprint density at radius 1 is 0.651 bits per heavy atom. The fraction of sp³-hybridized carbons (Fsp3) is 0.200. The molecule has 0 N–H and O–H groups in total. The van der Waals surface area contributed by atoms with E-state index in [2.05, 4.69) is 36.4 Å². The van der Waals surface area contributed by atoms with Crippen LogP contribution in [-0.2, 0) is 29.1 Å². The number of hydrogen-bond donors (Lipinski definition) is 0. The molecule has 1 aliphatic rings. The van der Waals surface area contributed by atoms with Crippen molar-refractivity contribution in [1.29, 1.82) is 0 Å². The molecule has 0 aliphatic carbocycles. The number of carbonyl (C=O) groups is 2. The molecule has 0 radical (unpaired) electrons. The van der Waals surface area contributed by atoms with Gasteiger partial charge < -0.3 is 18.9 Å². The van der Waals surface area contributed by atoms with Crippen molar-refractivity contribution in [2.24, 2.45) is 0 Å². The van der Waals surface area contributed by atoms with Gasteiger partial charge in [0, 0.05) is 34.1 Å². The number of esters is 2. The largest absolute Gasteiger partial charge is 0.489 e. The third kappa shape index (κ3) is 4.80. The van der Waals surface area contributed by atoms with Gasteiger partial charge in [0.05, 0.1) is 17.2 Å². The molecule has 6 aromatic rings. The highest BCUT2D eigenvalue weighted by Crippen LogP contribution is 2.44. The number of ether oxygens (including phenoxy) is 4. The third-order valence-electron chi connectivity index (χ3n) is 7.76. The summed E-state index contributed by atoms with van der Waals surface area (Å²) in [7, 11) is 0. The van der Waals surface area contributed by atoms with Crippen LogP contribution in [0.1, 0.15) is 55.4 Å². The van der Waals surface area contributed by atoms with Gasteiger partial charge in [0.1, 0.15) is 34.5 Å². The van der Waals surface area contributed by atoms with Crippen molar-refractivity contribution in [3.8, 4) is 11.5 Å². The monoisotopic (exact) mass is 608 g/mol. The minimum atomic E-state index is -0.401. The lowest BCUT2D eigenvalue weighted by Gasteiger charge is -2.20. The molecule has 7 rings (SSSR count). The maximum absolute atomic E-state index is 13.1. The van der Waals surface area contributed by atoms with Crippen LogP contribution in [0.25, 0.3) is 30.9 Å². The summed E-state index contributed by atoms with van der Waals surface area (Å²) in [6.45, 7) is 4.36. The van der Waals surface area contributed by atoms with Crippen LogP contribution in [0.2, 0.25) is 0 Å². The van der Waals surface area contributed by atoms with E-state index in [1.165, 1.54) is 22.7 Å². The van der Waals surface area contributed by atoms with Gasteiger partial charge in [-0.3, -0.25) is 0 Å². The van der Waals surface area contributed by atoms with Gasteiger partial charge in [-0.25, -0.2) is 9.59 Å². The molecule has 43 heavy (non-hydrogen) atoms. The number of benzene rings is 4. The van der Waals surface area contributed by atoms with Gasteiger partial charge in [-0.05, 0) is 47.5 Å². The Hall–Kier alpha value is -4.40. The summed E-state index contributed by atoms with van der Waals surface area (Å²) < 4.78 is 25.0. The SMILES string of the molecule is CCOC(=O)c1sc2sc(C(=O)OCC)c3c2c1COc1ccc2ccccc2c1Cc1c(ccc2ccccc12)OC3. The summed E-state index contributed by atoms with van der Waals surface area (Å²) >= 11 is 2.64. The Morgan fingerprint density at radius 2 is 1.12 bits per heavy atom. The standard InChI is InChI=1S/C35H28O6S2/c1-3-38-33(36)31-26-18-40-28-15-13-20-9-5-7-11-22(20)24(28)17-25-23-12-8-6-10-21(23)14-16-29(25)41-19-27-30(26)35(42-31)43-32(27)34(37)39-4-2/h5-16H,3-4,17-19H2,1-2H3. The normalized spacial score (nSPS) is 12.9. The molecule has 0 spiro atoms. The van der Waals surface area contributed by atoms with E-state index in [-0.39, 0.29) is 26.4 Å². The Labute approximate surface area is 256 Å². The number of carbonyl (C=O) groups excluding carboxylic acids is 2. The van der Waals surface area contributed by atoms with Gasteiger partial charge in [0.2, 0.25) is 0 Å². The molecule has 0 bridgehead atoms. The fourth-order valence-electron chi connectivity index (χ4n) is 5.83. The molecule has 0 saturated heterocycles. The van der Waals surface area contributed by atoms with Crippen molar-refractivity contribution in [2.75, 3.05) is 13.2 Å². The Kier molecular flexibility index (Phi) is 7.24. The predicted octanol–water partition coefficient (Wildman–Crippen LogP) is 8.68. The zero-order valence-electron chi connectivity index (χ0n) is 23.7. The first kappa shape index (κ1) is 27.4. The van der Waals surface area contributed by atoms with Crippen LogP contribution in [0.15, 0.2) is 72.8 Å². The van der Waals surface area contributed by atoms with Crippen LogP contribution in [0, 0.1) is 0 Å². The van der Waals surface area contributed by atoms with E-state index in [1.807, 2.05) is 36.4 Å². The highest BCUT2D eigenvalue weighted by Gasteiger charge is 2.30. The quantitative estimate of drug-likeness (QED) is 0.187. The molecule has 0 amide bonds. The van der Waals surface area contributed by atoms with Crippen molar-refractivity contribution in [3.05, 3.63) is 105 Å². The van der Waals surface area contributed by atoms with E-state index in [0.29, 0.717) is 27.3 Å². The van der Waals surface area contributed by atoms with Crippen molar-refractivity contribution >= 4 is 65.6 Å². The summed E-state index contributed by atoms with van der Waals surface area (Å²) in [5.74, 6) is 0.660. The zero-order chi connectivity index (χ0) is 29.5. The maximum Gasteiger partial charge on any atom is 0.348 e. The summed E-state index contributed by atoms with van der Waals surface area (Å²) in [5.41, 5.74) is 3.48. The number of rotatable bonds is 4.